The van der Waals surface area contributed by atoms with Crippen molar-refractivity contribution in [3.63, 3.8) is 0 Å². The molecule has 5 heteroatoms. The standard InChI is InChI=1S/C27H24O2.C20H18O2.C14H14O.C8H10/c1-20-3-11-24(12-4-20)28-26-15-7-22(8-16-26)19-23-9-17-27(18-10-23)29-25-13-5-21(2)6-14-25;1-15-6-10-17(11-7-15)21-19-4-3-5-20(14-19)22-18-12-8-16(2)9-13-18;1-11-3-7-13(8-4-11)15-14-9-5-12(2)6-10-14;1-7-3-5-8(2)6-4-7/h3-18H,19H2,1-2H3;3-14H,1-2H3;3-10H,1-2H3;3-6H,1-2H3. The van der Waals surface area contributed by atoms with Gasteiger partial charge in [0, 0.05) is 6.07 Å². The molecule has 0 bridgehead atoms. The molecule has 0 radical (unpaired) electrons. The van der Waals surface area contributed by atoms with Gasteiger partial charge in [0.1, 0.15) is 57.5 Å². The Morgan fingerprint density at radius 2 is 0.351 bits per heavy atom. The van der Waals surface area contributed by atoms with E-state index in [0.29, 0.717) is 0 Å². The molecule has 0 aromatic heterocycles. The maximum absolute atomic E-state index is 5.90. The molecule has 10 rings (SSSR count). The fourth-order valence-corrected chi connectivity index (χ4v) is 7.14. The summed E-state index contributed by atoms with van der Waals surface area (Å²) in [5.74, 6) is 8.31. The Hall–Kier alpha value is -8.80. The molecular formula is C69H66O5. The van der Waals surface area contributed by atoms with Crippen LogP contribution in [0.25, 0.3) is 0 Å². The summed E-state index contributed by atoms with van der Waals surface area (Å²) < 4.78 is 29.2. The van der Waals surface area contributed by atoms with Gasteiger partial charge in [0.15, 0.2) is 0 Å². The Kier molecular flexibility index (Phi) is 19.4. The van der Waals surface area contributed by atoms with Gasteiger partial charge in [-0.25, -0.2) is 0 Å². The number of benzene rings is 10. The molecule has 0 atom stereocenters. The van der Waals surface area contributed by atoms with Crippen LogP contribution in [0.2, 0.25) is 0 Å². The molecular weight excluding hydrogens is 909 g/mol. The second-order valence-corrected chi connectivity index (χ2v) is 18.5. The van der Waals surface area contributed by atoms with Crippen molar-refractivity contribution in [3.05, 3.63) is 298 Å². The summed E-state index contributed by atoms with van der Waals surface area (Å²) in [4.78, 5) is 0. The third kappa shape index (κ3) is 18.4. The Bertz CT molecular complexity index is 2980. The molecule has 5 nitrogen and oxygen atoms in total. The summed E-state index contributed by atoms with van der Waals surface area (Å²) in [6.07, 6.45) is 0.871. The van der Waals surface area contributed by atoms with Gasteiger partial charge >= 0.3 is 0 Å². The van der Waals surface area contributed by atoms with E-state index in [0.717, 1.165) is 63.9 Å². The zero-order valence-electron chi connectivity index (χ0n) is 43.8. The van der Waals surface area contributed by atoms with Crippen LogP contribution in [-0.2, 0) is 6.42 Å². The summed E-state index contributed by atoms with van der Waals surface area (Å²) in [5, 5.41) is 0. The van der Waals surface area contributed by atoms with Crippen molar-refractivity contribution in [2.75, 3.05) is 0 Å². The van der Waals surface area contributed by atoms with E-state index in [4.69, 9.17) is 23.7 Å². The minimum Gasteiger partial charge on any atom is -0.457 e. The van der Waals surface area contributed by atoms with Crippen molar-refractivity contribution in [3.8, 4) is 57.5 Å². The predicted molar refractivity (Wildman–Crippen MR) is 305 cm³/mol. The van der Waals surface area contributed by atoms with Gasteiger partial charge in [0.25, 0.3) is 0 Å². The van der Waals surface area contributed by atoms with Gasteiger partial charge in [-0.15, -0.1) is 0 Å². The molecule has 0 saturated heterocycles. The average Bonchev–Trinajstić information content (AvgIpc) is 3.41. The summed E-state index contributed by atoms with van der Waals surface area (Å²) >= 11 is 0. The van der Waals surface area contributed by atoms with Crippen LogP contribution in [0.1, 0.15) is 55.6 Å². The van der Waals surface area contributed by atoms with E-state index in [-0.39, 0.29) is 0 Å². The summed E-state index contributed by atoms with van der Waals surface area (Å²) in [6, 6.07) is 80.9. The van der Waals surface area contributed by atoms with Crippen molar-refractivity contribution in [2.45, 2.75) is 61.8 Å². The molecule has 0 aliphatic heterocycles. The highest BCUT2D eigenvalue weighted by Gasteiger charge is 2.04. The van der Waals surface area contributed by atoms with Gasteiger partial charge in [-0.2, -0.15) is 0 Å². The quantitative estimate of drug-likeness (QED) is 0.122. The fourth-order valence-electron chi connectivity index (χ4n) is 7.14. The summed E-state index contributed by atoms with van der Waals surface area (Å²) in [6.45, 7) is 16.6. The first-order valence-electron chi connectivity index (χ1n) is 25.0. The third-order valence-electron chi connectivity index (χ3n) is 11.6. The van der Waals surface area contributed by atoms with Crippen LogP contribution < -0.4 is 23.7 Å². The zero-order valence-corrected chi connectivity index (χ0v) is 43.8. The van der Waals surface area contributed by atoms with Gasteiger partial charge in [-0.05, 0) is 182 Å². The lowest BCUT2D eigenvalue weighted by Crippen LogP contribution is -1.90. The van der Waals surface area contributed by atoms with Gasteiger partial charge in [-0.1, -0.05) is 172 Å². The van der Waals surface area contributed by atoms with Crippen molar-refractivity contribution in [2.24, 2.45) is 0 Å². The van der Waals surface area contributed by atoms with Crippen molar-refractivity contribution in [1.82, 2.24) is 0 Å². The maximum atomic E-state index is 5.90. The Balaban J connectivity index is 0.000000157. The molecule has 0 unspecified atom stereocenters. The monoisotopic (exact) mass is 974 g/mol. The molecule has 10 aromatic carbocycles. The minimum atomic E-state index is 0.758. The van der Waals surface area contributed by atoms with Gasteiger partial charge in [-0.3, -0.25) is 0 Å². The number of aryl methyl sites for hydroxylation is 8. The van der Waals surface area contributed by atoms with Crippen molar-refractivity contribution < 1.29 is 23.7 Å². The van der Waals surface area contributed by atoms with E-state index in [1.165, 1.54) is 55.6 Å². The number of hydrogen-bond donors (Lipinski definition) is 0. The van der Waals surface area contributed by atoms with Crippen LogP contribution in [0.5, 0.6) is 57.5 Å². The van der Waals surface area contributed by atoms with Crippen LogP contribution in [0.3, 0.4) is 0 Å². The summed E-state index contributed by atoms with van der Waals surface area (Å²) in [5.41, 5.74) is 12.5. The molecule has 0 fully saturated rings. The number of rotatable bonds is 12. The lowest BCUT2D eigenvalue weighted by Gasteiger charge is -2.09. The second-order valence-electron chi connectivity index (χ2n) is 18.5. The fraction of sp³-hybridized carbons (Fsp3) is 0.130. The van der Waals surface area contributed by atoms with Crippen LogP contribution in [0, 0.1) is 55.4 Å². The Labute approximate surface area is 439 Å². The minimum absolute atomic E-state index is 0.758. The highest BCUT2D eigenvalue weighted by atomic mass is 16.5. The second kappa shape index (κ2) is 27.1. The first-order valence-corrected chi connectivity index (χ1v) is 25.0. The first kappa shape index (κ1) is 53.0. The van der Waals surface area contributed by atoms with E-state index in [1.54, 1.807) is 0 Å². The third-order valence-corrected chi connectivity index (χ3v) is 11.6. The first-order chi connectivity index (χ1) is 35.8. The van der Waals surface area contributed by atoms with Crippen molar-refractivity contribution in [1.29, 1.82) is 0 Å². The normalized spacial score (nSPS) is 10.2. The highest BCUT2D eigenvalue weighted by molar-refractivity contribution is 5.42. The Morgan fingerprint density at radius 1 is 0.189 bits per heavy atom. The Morgan fingerprint density at radius 3 is 0.554 bits per heavy atom. The van der Waals surface area contributed by atoms with E-state index in [2.05, 4.69) is 128 Å². The van der Waals surface area contributed by atoms with E-state index in [9.17, 15) is 0 Å². The molecule has 74 heavy (non-hydrogen) atoms. The van der Waals surface area contributed by atoms with Crippen molar-refractivity contribution >= 4 is 0 Å². The lowest BCUT2D eigenvalue weighted by atomic mass is 10.0. The van der Waals surface area contributed by atoms with E-state index in [1.807, 2.05) is 170 Å². The summed E-state index contributed by atoms with van der Waals surface area (Å²) in [7, 11) is 0. The molecule has 0 saturated carbocycles. The van der Waals surface area contributed by atoms with Gasteiger partial charge < -0.3 is 23.7 Å². The molecule has 10 aromatic rings. The smallest absolute Gasteiger partial charge is 0.131 e. The van der Waals surface area contributed by atoms with E-state index >= 15 is 0 Å². The van der Waals surface area contributed by atoms with Gasteiger partial charge in [0.05, 0.1) is 0 Å². The van der Waals surface area contributed by atoms with Gasteiger partial charge in [0.2, 0.25) is 0 Å². The van der Waals surface area contributed by atoms with Crippen LogP contribution >= 0.6 is 0 Å². The molecule has 0 aliphatic rings. The molecule has 372 valence electrons. The topological polar surface area (TPSA) is 46.2 Å². The molecule has 0 aliphatic carbocycles. The molecule has 0 amide bonds. The average molecular weight is 975 g/mol. The molecule has 0 heterocycles. The lowest BCUT2D eigenvalue weighted by molar-refractivity contribution is 0.460. The maximum Gasteiger partial charge on any atom is 0.131 e. The highest BCUT2D eigenvalue weighted by Crippen LogP contribution is 2.30. The number of hydrogen-bond acceptors (Lipinski definition) is 5. The molecule has 0 N–H and O–H groups in total. The SMILES string of the molecule is Cc1ccc(C)cc1.Cc1ccc(Oc2ccc(C)cc2)cc1.Cc1ccc(Oc2ccc(Cc3ccc(Oc4ccc(C)cc4)cc3)cc2)cc1.Cc1ccc(Oc2cccc(Oc3ccc(C)cc3)c2)cc1. The van der Waals surface area contributed by atoms with E-state index < -0.39 is 0 Å². The van der Waals surface area contributed by atoms with Crippen LogP contribution in [0.4, 0.5) is 0 Å². The van der Waals surface area contributed by atoms with Crippen LogP contribution in [-0.4, -0.2) is 0 Å². The largest absolute Gasteiger partial charge is 0.457 e. The number of ether oxygens (including phenoxy) is 5. The van der Waals surface area contributed by atoms with Crippen LogP contribution in [0.15, 0.2) is 243 Å². The molecule has 0 spiro atoms. The predicted octanol–water partition coefficient (Wildman–Crippen LogP) is 19.8. The zero-order chi connectivity index (χ0) is 52.1.